The first-order valence-corrected chi connectivity index (χ1v) is 8.13. The van der Waals surface area contributed by atoms with Crippen LogP contribution in [0.2, 0.25) is 0 Å². The molecule has 4 aliphatic rings. The lowest BCUT2D eigenvalue weighted by atomic mass is 9.48. The standard InChI is InChI=1S/C18H24NO/c1-13-4-2-3-5-19(13)12-17(20)18-9-14-6-15(10-18)8-16(7-14)11-18/h2-5,14-16H,6-12H2,1H3/q+1. The van der Waals surface area contributed by atoms with Gasteiger partial charge in [0.05, 0.1) is 0 Å². The van der Waals surface area contributed by atoms with E-state index in [-0.39, 0.29) is 5.41 Å². The normalized spacial score (nSPS) is 38.1. The van der Waals surface area contributed by atoms with E-state index < -0.39 is 0 Å². The van der Waals surface area contributed by atoms with E-state index in [0.717, 1.165) is 17.8 Å². The number of carbonyl (C=O) groups is 1. The quantitative estimate of drug-likeness (QED) is 0.773. The zero-order valence-electron chi connectivity index (χ0n) is 12.3. The van der Waals surface area contributed by atoms with Crippen LogP contribution in [0.5, 0.6) is 0 Å². The van der Waals surface area contributed by atoms with Crippen molar-refractivity contribution in [3.8, 4) is 0 Å². The third-order valence-electron chi connectivity index (χ3n) is 6.11. The van der Waals surface area contributed by atoms with Gasteiger partial charge >= 0.3 is 0 Å². The highest BCUT2D eigenvalue weighted by atomic mass is 16.1. The van der Waals surface area contributed by atoms with Crippen LogP contribution in [0.3, 0.4) is 0 Å². The van der Waals surface area contributed by atoms with Crippen LogP contribution in [0.1, 0.15) is 44.2 Å². The second-order valence-corrected chi connectivity index (χ2v) is 7.59. The molecule has 4 fully saturated rings. The van der Waals surface area contributed by atoms with Crippen molar-refractivity contribution in [2.45, 2.75) is 52.0 Å². The Morgan fingerprint density at radius 2 is 1.75 bits per heavy atom. The van der Waals surface area contributed by atoms with E-state index in [0.29, 0.717) is 12.3 Å². The van der Waals surface area contributed by atoms with Gasteiger partial charge in [0, 0.05) is 24.5 Å². The fraction of sp³-hybridized carbons (Fsp3) is 0.667. The van der Waals surface area contributed by atoms with E-state index in [1.54, 1.807) is 0 Å². The molecule has 20 heavy (non-hydrogen) atoms. The van der Waals surface area contributed by atoms with Crippen molar-refractivity contribution in [1.29, 1.82) is 0 Å². The zero-order valence-corrected chi connectivity index (χ0v) is 12.3. The number of hydrogen-bond donors (Lipinski definition) is 0. The number of aryl methyl sites for hydroxylation is 1. The van der Waals surface area contributed by atoms with Crippen molar-refractivity contribution in [3.05, 3.63) is 30.1 Å². The number of rotatable bonds is 3. The molecule has 1 heterocycles. The third kappa shape index (κ3) is 1.92. The Labute approximate surface area is 121 Å². The average molecular weight is 270 g/mol. The summed E-state index contributed by atoms with van der Waals surface area (Å²) < 4.78 is 2.13. The van der Waals surface area contributed by atoms with E-state index >= 15 is 0 Å². The third-order valence-corrected chi connectivity index (χ3v) is 6.11. The van der Waals surface area contributed by atoms with Crippen molar-refractivity contribution in [2.75, 3.05) is 0 Å². The molecular formula is C18H24NO+. The Morgan fingerprint density at radius 3 is 2.30 bits per heavy atom. The van der Waals surface area contributed by atoms with Crippen molar-refractivity contribution in [1.82, 2.24) is 0 Å². The van der Waals surface area contributed by atoms with Gasteiger partial charge in [0.2, 0.25) is 12.3 Å². The van der Waals surface area contributed by atoms with Crippen LogP contribution >= 0.6 is 0 Å². The van der Waals surface area contributed by atoms with Crippen LogP contribution in [0.15, 0.2) is 24.4 Å². The SMILES string of the molecule is Cc1cccc[n+]1CC(=O)C12CC3CC(CC(C3)C1)C2. The number of ketones is 1. The Balaban J connectivity index is 1.58. The molecule has 1 aromatic heterocycles. The fourth-order valence-corrected chi connectivity index (χ4v) is 5.51. The second kappa shape index (κ2) is 4.41. The highest BCUT2D eigenvalue weighted by Crippen LogP contribution is 2.60. The molecule has 4 bridgehead atoms. The van der Waals surface area contributed by atoms with Gasteiger partial charge in [0.25, 0.3) is 0 Å². The van der Waals surface area contributed by atoms with Gasteiger partial charge in [0.15, 0.2) is 11.9 Å². The molecule has 2 heteroatoms. The maximum Gasteiger partial charge on any atom is 0.207 e. The lowest BCUT2D eigenvalue weighted by molar-refractivity contribution is -0.691. The Kier molecular flexibility index (Phi) is 2.77. The maximum atomic E-state index is 13.0. The van der Waals surface area contributed by atoms with E-state index in [9.17, 15) is 4.79 Å². The summed E-state index contributed by atoms with van der Waals surface area (Å²) in [4.78, 5) is 13.0. The minimum absolute atomic E-state index is 0.0457. The maximum absolute atomic E-state index is 13.0. The molecule has 4 aliphatic carbocycles. The van der Waals surface area contributed by atoms with Crippen LogP contribution in [-0.2, 0) is 11.3 Å². The predicted molar refractivity (Wildman–Crippen MR) is 77.0 cm³/mol. The summed E-state index contributed by atoms with van der Waals surface area (Å²) in [5.74, 6) is 3.07. The number of Topliss-reactive ketones (excluding diaryl/α,β-unsaturated/α-hetero) is 1. The van der Waals surface area contributed by atoms with E-state index in [2.05, 4.69) is 17.6 Å². The molecule has 4 saturated carbocycles. The summed E-state index contributed by atoms with van der Waals surface area (Å²) in [5.41, 5.74) is 1.23. The van der Waals surface area contributed by atoms with E-state index in [4.69, 9.17) is 0 Å². The largest absolute Gasteiger partial charge is 0.292 e. The highest BCUT2D eigenvalue weighted by molar-refractivity contribution is 5.84. The van der Waals surface area contributed by atoms with Gasteiger partial charge in [-0.2, -0.15) is 4.57 Å². The smallest absolute Gasteiger partial charge is 0.207 e. The van der Waals surface area contributed by atoms with Gasteiger partial charge in [-0.15, -0.1) is 0 Å². The van der Waals surface area contributed by atoms with Crippen LogP contribution < -0.4 is 4.57 Å². The number of pyridine rings is 1. The van der Waals surface area contributed by atoms with Gasteiger partial charge in [-0.05, 0) is 56.3 Å². The molecule has 1 aromatic rings. The Bertz CT molecular complexity index is 513. The molecule has 0 aromatic carbocycles. The van der Waals surface area contributed by atoms with E-state index in [1.807, 2.05) is 18.3 Å². The minimum atomic E-state index is 0.0457. The van der Waals surface area contributed by atoms with Crippen molar-refractivity contribution in [2.24, 2.45) is 23.2 Å². The van der Waals surface area contributed by atoms with Gasteiger partial charge < -0.3 is 0 Å². The molecule has 0 spiro atoms. The molecule has 0 amide bonds. The number of aromatic nitrogens is 1. The first-order valence-electron chi connectivity index (χ1n) is 8.13. The molecule has 0 saturated heterocycles. The predicted octanol–water partition coefficient (Wildman–Crippen LogP) is 3.07. The van der Waals surface area contributed by atoms with Crippen LogP contribution in [0.4, 0.5) is 0 Å². The van der Waals surface area contributed by atoms with Crippen molar-refractivity contribution >= 4 is 5.78 Å². The zero-order chi connectivity index (χ0) is 13.7. The lowest BCUT2D eigenvalue weighted by Gasteiger charge is -2.55. The van der Waals surface area contributed by atoms with E-state index in [1.165, 1.54) is 44.2 Å². The summed E-state index contributed by atoms with van der Waals surface area (Å²) in [7, 11) is 0. The molecular weight excluding hydrogens is 246 g/mol. The van der Waals surface area contributed by atoms with Crippen LogP contribution in [-0.4, -0.2) is 5.78 Å². The summed E-state index contributed by atoms with van der Waals surface area (Å²) >= 11 is 0. The minimum Gasteiger partial charge on any atom is -0.292 e. The molecule has 0 unspecified atom stereocenters. The fourth-order valence-electron chi connectivity index (χ4n) is 5.51. The Morgan fingerprint density at radius 1 is 1.15 bits per heavy atom. The summed E-state index contributed by atoms with van der Waals surface area (Å²) in [6, 6.07) is 6.16. The monoisotopic (exact) mass is 270 g/mol. The Hall–Kier alpha value is -1.18. The topological polar surface area (TPSA) is 20.9 Å². The average Bonchev–Trinajstić information content (AvgIpc) is 2.40. The van der Waals surface area contributed by atoms with Gasteiger partial charge in [-0.3, -0.25) is 4.79 Å². The lowest BCUT2D eigenvalue weighted by Crippen LogP contribution is -2.54. The van der Waals surface area contributed by atoms with Crippen LogP contribution in [0.25, 0.3) is 0 Å². The highest BCUT2D eigenvalue weighted by Gasteiger charge is 2.54. The summed E-state index contributed by atoms with van der Waals surface area (Å²) in [5, 5.41) is 0. The van der Waals surface area contributed by atoms with Crippen molar-refractivity contribution < 1.29 is 9.36 Å². The first-order chi connectivity index (χ1) is 9.64. The molecule has 0 radical (unpaired) electrons. The molecule has 2 nitrogen and oxygen atoms in total. The summed E-state index contributed by atoms with van der Waals surface area (Å²) in [6.45, 7) is 2.67. The van der Waals surface area contributed by atoms with Crippen LogP contribution in [0, 0.1) is 30.1 Å². The van der Waals surface area contributed by atoms with Gasteiger partial charge in [-0.1, -0.05) is 6.07 Å². The second-order valence-electron chi connectivity index (χ2n) is 7.59. The molecule has 0 aliphatic heterocycles. The number of carbonyl (C=O) groups excluding carboxylic acids is 1. The van der Waals surface area contributed by atoms with Crippen molar-refractivity contribution in [3.63, 3.8) is 0 Å². The van der Waals surface area contributed by atoms with Gasteiger partial charge in [-0.25, -0.2) is 0 Å². The first kappa shape index (κ1) is 12.6. The summed E-state index contributed by atoms with van der Waals surface area (Å²) in [6.07, 6.45) is 9.82. The van der Waals surface area contributed by atoms with Gasteiger partial charge in [0.1, 0.15) is 0 Å². The molecule has 5 rings (SSSR count). The molecule has 0 N–H and O–H groups in total. The molecule has 106 valence electrons. The molecule has 0 atom stereocenters. The number of nitrogens with zero attached hydrogens (tertiary/aromatic N) is 1. The number of hydrogen-bond acceptors (Lipinski definition) is 1.